The van der Waals surface area contributed by atoms with Gasteiger partial charge in [-0.15, -0.1) is 22.7 Å². The lowest BCUT2D eigenvalue weighted by Gasteiger charge is -2.35. The Labute approximate surface area is 462 Å². The first-order valence-corrected chi connectivity index (χ1v) is 31.7. The highest BCUT2D eigenvalue weighted by atomic mass is 32.2. The summed E-state index contributed by atoms with van der Waals surface area (Å²) >= 11 is 3.29. The number of fused-ring (bicyclic) bond motifs is 2. The highest BCUT2D eigenvalue weighted by Crippen LogP contribution is 2.45. The Balaban J connectivity index is 0.000000148. The molecule has 406 valence electrons. The average Bonchev–Trinajstić information content (AvgIpc) is 4.43. The molecule has 4 saturated heterocycles. The summed E-state index contributed by atoms with van der Waals surface area (Å²) in [5.41, 5.74) is 7.27. The number of hydrogen-bond acceptors (Lipinski definition) is 16. The minimum atomic E-state index is -3.85. The molecule has 2 aliphatic carbocycles. The van der Waals surface area contributed by atoms with Gasteiger partial charge in [0.05, 0.1) is 59.7 Å². The van der Waals surface area contributed by atoms with Crippen LogP contribution in [0, 0.1) is 0 Å². The Morgan fingerprint density at radius 2 is 1.10 bits per heavy atom. The van der Waals surface area contributed by atoms with E-state index in [2.05, 4.69) is 47.5 Å². The highest BCUT2D eigenvalue weighted by Gasteiger charge is 2.41. The number of likely N-dealkylation sites (tertiary alicyclic amines) is 2. The third-order valence-corrected chi connectivity index (χ3v) is 21.9. The lowest BCUT2D eigenvalue weighted by atomic mass is 9.81. The Morgan fingerprint density at radius 1 is 0.603 bits per heavy atom. The standard InChI is InChI=1S/C29H32N4O4S2.C29H30N4O4S2/c2*1-32-13-5-8-26(32)28-31-25(19-38-28)24-18-33(39(34,35)22-6-3-2-4-7-22)27-23(24)16-21(17-30-27)20-9-11-29(12-10-20)36-14-15-37-29/h2-4,6-7,16-20,26H,5,8-15H2,1H3;2-4,6-7,9,16-19,26H,5,8,10-15H2,1H3. The van der Waals surface area contributed by atoms with Gasteiger partial charge in [0, 0.05) is 83.1 Å². The van der Waals surface area contributed by atoms with E-state index in [-0.39, 0.29) is 9.79 Å². The van der Waals surface area contributed by atoms with Gasteiger partial charge >= 0.3 is 0 Å². The Morgan fingerprint density at radius 3 is 1.59 bits per heavy atom. The van der Waals surface area contributed by atoms with E-state index in [1.54, 1.807) is 89.8 Å². The summed E-state index contributed by atoms with van der Waals surface area (Å²) in [7, 11) is -3.41. The van der Waals surface area contributed by atoms with Crippen molar-refractivity contribution in [3.63, 3.8) is 0 Å². The van der Waals surface area contributed by atoms with Crippen LogP contribution in [0.2, 0.25) is 0 Å². The van der Waals surface area contributed by atoms with Crippen molar-refractivity contribution in [3.05, 3.63) is 136 Å². The van der Waals surface area contributed by atoms with Crippen LogP contribution < -0.4 is 0 Å². The predicted octanol–water partition coefficient (Wildman–Crippen LogP) is 11.0. The zero-order valence-electron chi connectivity index (χ0n) is 43.7. The Hall–Kier alpha value is -5.52. The maximum atomic E-state index is 13.8. The van der Waals surface area contributed by atoms with Crippen LogP contribution in [0.1, 0.15) is 110 Å². The molecule has 4 aliphatic heterocycles. The molecule has 10 heterocycles. The minimum absolute atomic E-state index is 0.225. The molecule has 78 heavy (non-hydrogen) atoms. The van der Waals surface area contributed by atoms with E-state index >= 15 is 0 Å². The van der Waals surface area contributed by atoms with E-state index in [4.69, 9.17) is 38.9 Å². The molecule has 6 aliphatic rings. The van der Waals surface area contributed by atoms with Gasteiger partial charge in [-0.3, -0.25) is 9.80 Å². The van der Waals surface area contributed by atoms with Gasteiger partial charge in [-0.05, 0) is 131 Å². The first kappa shape index (κ1) is 51.9. The summed E-state index contributed by atoms with van der Waals surface area (Å²) in [6, 6.07) is 21.9. The van der Waals surface area contributed by atoms with Crippen LogP contribution in [0.15, 0.2) is 124 Å². The van der Waals surface area contributed by atoms with Crippen molar-refractivity contribution in [2.45, 2.75) is 110 Å². The summed E-state index contributed by atoms with van der Waals surface area (Å²) in [6.07, 6.45) is 19.6. The minimum Gasteiger partial charge on any atom is -0.348 e. The van der Waals surface area contributed by atoms with Gasteiger partial charge in [0.2, 0.25) is 0 Å². The van der Waals surface area contributed by atoms with Gasteiger partial charge in [0.15, 0.2) is 22.9 Å². The van der Waals surface area contributed by atoms with Gasteiger partial charge < -0.3 is 18.9 Å². The summed E-state index contributed by atoms with van der Waals surface area (Å²) in [6.45, 7) is 4.73. The van der Waals surface area contributed by atoms with Crippen molar-refractivity contribution in [2.75, 3.05) is 53.6 Å². The molecule has 2 aromatic carbocycles. The van der Waals surface area contributed by atoms with Crippen molar-refractivity contribution in [1.82, 2.24) is 37.7 Å². The first-order chi connectivity index (χ1) is 37.9. The smallest absolute Gasteiger partial charge is 0.269 e. The number of thiazole rings is 2. The molecule has 0 amide bonds. The van der Waals surface area contributed by atoms with Crippen molar-refractivity contribution in [2.24, 2.45) is 0 Å². The number of allylic oxidation sites excluding steroid dienone is 1. The molecule has 0 bridgehead atoms. The molecule has 1 saturated carbocycles. The van der Waals surface area contributed by atoms with Crippen LogP contribution in [-0.2, 0) is 39.0 Å². The zero-order chi connectivity index (χ0) is 53.2. The van der Waals surface area contributed by atoms with Gasteiger partial charge in [-0.25, -0.2) is 44.7 Å². The summed E-state index contributed by atoms with van der Waals surface area (Å²) < 4.78 is 81.2. The van der Waals surface area contributed by atoms with Crippen molar-refractivity contribution < 1.29 is 35.8 Å². The molecule has 2 unspecified atom stereocenters. The SMILES string of the molecule is CN1CCCC1c1nc(-c2cn(S(=O)(=O)c3ccccc3)c3ncc(C4=CCC5(CC4)OCCO5)cc23)cs1.CN1CCCC1c1nc(-c2cn(S(=O)(=O)c3ccccc3)c3ncc(C4CCC5(CC4)OCCO5)cc23)cs1. The Bertz CT molecular complexity index is 3760. The molecule has 14 rings (SSSR count). The fourth-order valence-corrected chi connectivity index (χ4v) is 17.1. The van der Waals surface area contributed by atoms with Crippen LogP contribution >= 0.6 is 22.7 Å². The van der Waals surface area contributed by atoms with E-state index < -0.39 is 31.6 Å². The van der Waals surface area contributed by atoms with Crippen molar-refractivity contribution >= 4 is 70.4 Å². The molecule has 2 spiro atoms. The van der Waals surface area contributed by atoms with Crippen LogP contribution in [-0.4, -0.2) is 120 Å². The molecule has 16 nitrogen and oxygen atoms in total. The molecule has 2 atom stereocenters. The van der Waals surface area contributed by atoms with E-state index in [0.29, 0.717) is 62.1 Å². The number of hydrogen-bond donors (Lipinski definition) is 0. The molecule has 5 fully saturated rings. The normalized spacial score (nSPS) is 22.0. The fourth-order valence-electron chi connectivity index (χ4n) is 12.3. The van der Waals surface area contributed by atoms with Crippen LogP contribution in [0.25, 0.3) is 50.2 Å². The molecule has 0 N–H and O–H groups in total. The molecule has 20 heteroatoms. The number of nitrogens with zero attached hydrogens (tertiary/aromatic N) is 8. The lowest BCUT2D eigenvalue weighted by molar-refractivity contribution is -0.178. The largest absolute Gasteiger partial charge is 0.348 e. The average molecular weight is 1130 g/mol. The Kier molecular flexibility index (Phi) is 13.9. The van der Waals surface area contributed by atoms with E-state index in [1.165, 1.54) is 13.5 Å². The molecular weight excluding hydrogens is 1060 g/mol. The van der Waals surface area contributed by atoms with Crippen LogP contribution in [0.3, 0.4) is 0 Å². The summed E-state index contributed by atoms with van der Waals surface area (Å²) in [5.74, 6) is -0.597. The summed E-state index contributed by atoms with van der Waals surface area (Å²) in [4.78, 5) is 24.7. The number of ether oxygens (including phenoxy) is 4. The molecule has 0 radical (unpaired) electrons. The van der Waals surface area contributed by atoms with Crippen LogP contribution in [0.5, 0.6) is 0 Å². The maximum Gasteiger partial charge on any atom is 0.269 e. The molecular formula is C58H62N8O8S4. The molecule has 6 aromatic heterocycles. The van der Waals surface area contributed by atoms with E-state index in [0.717, 1.165) is 132 Å². The number of rotatable bonds is 10. The zero-order valence-corrected chi connectivity index (χ0v) is 47.0. The van der Waals surface area contributed by atoms with Crippen LogP contribution in [0.4, 0.5) is 0 Å². The highest BCUT2D eigenvalue weighted by molar-refractivity contribution is 7.90. The lowest BCUT2D eigenvalue weighted by Crippen LogP contribution is -2.34. The second-order valence-electron chi connectivity index (χ2n) is 21.4. The third-order valence-electron chi connectivity index (χ3n) is 16.7. The number of benzene rings is 2. The monoisotopic (exact) mass is 1130 g/mol. The fraction of sp³-hybridized carbons (Fsp3) is 0.414. The van der Waals surface area contributed by atoms with Gasteiger partial charge in [-0.1, -0.05) is 42.5 Å². The maximum absolute atomic E-state index is 13.8. The second-order valence-corrected chi connectivity index (χ2v) is 26.8. The predicted molar refractivity (Wildman–Crippen MR) is 301 cm³/mol. The second kappa shape index (κ2) is 20.9. The number of pyridine rings is 2. The topological polar surface area (TPSA) is 173 Å². The van der Waals surface area contributed by atoms with Gasteiger partial charge in [0.25, 0.3) is 20.0 Å². The van der Waals surface area contributed by atoms with Gasteiger partial charge in [-0.2, -0.15) is 0 Å². The molecule has 8 aromatic rings. The van der Waals surface area contributed by atoms with E-state index in [9.17, 15) is 16.8 Å². The third kappa shape index (κ3) is 9.58. The summed E-state index contributed by atoms with van der Waals surface area (Å²) in [5, 5.41) is 7.84. The first-order valence-electron chi connectivity index (χ1n) is 27.1. The van der Waals surface area contributed by atoms with Crippen molar-refractivity contribution in [1.29, 1.82) is 0 Å². The van der Waals surface area contributed by atoms with Gasteiger partial charge in [0.1, 0.15) is 10.0 Å². The van der Waals surface area contributed by atoms with E-state index in [1.807, 2.05) is 23.7 Å². The van der Waals surface area contributed by atoms with Crippen molar-refractivity contribution in [3.8, 4) is 22.5 Å². The number of aromatic nitrogens is 6. The quantitative estimate of drug-likeness (QED) is 0.127.